The molecule has 0 bridgehead atoms. The fourth-order valence-corrected chi connectivity index (χ4v) is 3.20. The lowest BCUT2D eigenvalue weighted by molar-refractivity contribution is -0.139. The zero-order valence-corrected chi connectivity index (χ0v) is 13.9. The van der Waals surface area contributed by atoms with Crippen molar-refractivity contribution in [3.05, 3.63) is 29.8 Å². The molecule has 2 aromatic rings. The Morgan fingerprint density at radius 1 is 1.33 bits per heavy atom. The Hall–Kier alpha value is -2.57. The summed E-state index contributed by atoms with van der Waals surface area (Å²) >= 11 is 0. The molecule has 7 nitrogen and oxygen atoms in total. The van der Waals surface area contributed by atoms with Crippen molar-refractivity contribution in [2.75, 3.05) is 11.4 Å². The van der Waals surface area contributed by atoms with Gasteiger partial charge in [0.1, 0.15) is 17.6 Å². The first-order valence-corrected chi connectivity index (χ1v) is 8.25. The SMILES string of the molecule is CCc1c(C)nc(-c2cnccn2)nc1N1CCCCC1C(=O)O. The molecule has 0 spiro atoms. The van der Waals surface area contributed by atoms with E-state index in [-0.39, 0.29) is 0 Å². The lowest BCUT2D eigenvalue weighted by atomic mass is 10.0. The second-order valence-electron chi connectivity index (χ2n) is 5.92. The molecule has 0 aliphatic carbocycles. The van der Waals surface area contributed by atoms with Gasteiger partial charge in [-0.25, -0.2) is 19.7 Å². The number of rotatable bonds is 4. The van der Waals surface area contributed by atoms with Gasteiger partial charge in [-0.2, -0.15) is 0 Å². The van der Waals surface area contributed by atoms with Crippen LogP contribution in [0.1, 0.15) is 37.4 Å². The Morgan fingerprint density at radius 3 is 2.83 bits per heavy atom. The first-order chi connectivity index (χ1) is 11.6. The van der Waals surface area contributed by atoms with Crippen LogP contribution in [0.2, 0.25) is 0 Å². The molecular formula is C17H21N5O2. The highest BCUT2D eigenvalue weighted by atomic mass is 16.4. The van der Waals surface area contributed by atoms with E-state index in [0.717, 1.165) is 36.3 Å². The normalized spacial score (nSPS) is 17.8. The first kappa shape index (κ1) is 16.3. The summed E-state index contributed by atoms with van der Waals surface area (Å²) in [5.74, 6) is 0.411. The molecule has 0 radical (unpaired) electrons. The van der Waals surface area contributed by atoms with Crippen LogP contribution in [0.15, 0.2) is 18.6 Å². The third-order valence-corrected chi connectivity index (χ3v) is 4.40. The van der Waals surface area contributed by atoms with Crippen molar-refractivity contribution in [1.82, 2.24) is 19.9 Å². The van der Waals surface area contributed by atoms with Gasteiger partial charge in [0.2, 0.25) is 0 Å². The summed E-state index contributed by atoms with van der Waals surface area (Å²) in [5.41, 5.74) is 2.45. The number of aliphatic carboxylic acids is 1. The van der Waals surface area contributed by atoms with Crippen molar-refractivity contribution in [2.45, 2.75) is 45.6 Å². The third kappa shape index (κ3) is 3.06. The zero-order valence-electron chi connectivity index (χ0n) is 13.9. The van der Waals surface area contributed by atoms with Gasteiger partial charge in [-0.05, 0) is 32.6 Å². The quantitative estimate of drug-likeness (QED) is 0.920. The minimum atomic E-state index is -0.797. The maximum atomic E-state index is 11.7. The Labute approximate surface area is 140 Å². The fraction of sp³-hybridized carbons (Fsp3) is 0.471. The summed E-state index contributed by atoms with van der Waals surface area (Å²) in [7, 11) is 0. The van der Waals surface area contributed by atoms with Crippen LogP contribution in [0.3, 0.4) is 0 Å². The lowest BCUT2D eigenvalue weighted by Crippen LogP contribution is -2.45. The fourth-order valence-electron chi connectivity index (χ4n) is 3.20. The number of hydrogen-bond donors (Lipinski definition) is 1. The minimum Gasteiger partial charge on any atom is -0.480 e. The Balaban J connectivity index is 2.11. The van der Waals surface area contributed by atoms with E-state index in [0.29, 0.717) is 24.5 Å². The second kappa shape index (κ2) is 6.90. The summed E-state index contributed by atoms with van der Waals surface area (Å²) in [5, 5.41) is 9.58. The van der Waals surface area contributed by atoms with E-state index >= 15 is 0 Å². The molecular weight excluding hydrogens is 306 g/mol. The van der Waals surface area contributed by atoms with E-state index in [4.69, 9.17) is 0 Å². The van der Waals surface area contributed by atoms with Crippen molar-refractivity contribution in [3.8, 4) is 11.5 Å². The van der Waals surface area contributed by atoms with Crippen LogP contribution in [0.4, 0.5) is 5.82 Å². The zero-order chi connectivity index (χ0) is 17.1. The predicted octanol–water partition coefficient (Wildman–Crippen LogP) is 2.25. The molecule has 2 aromatic heterocycles. The second-order valence-corrected chi connectivity index (χ2v) is 5.92. The molecule has 1 unspecified atom stereocenters. The Kier molecular flexibility index (Phi) is 4.69. The van der Waals surface area contributed by atoms with Crippen LogP contribution in [0.5, 0.6) is 0 Å². The topological polar surface area (TPSA) is 92.1 Å². The number of carboxylic acid groups (broad SMARTS) is 1. The first-order valence-electron chi connectivity index (χ1n) is 8.25. The standard InChI is InChI=1S/C17H21N5O2/c1-3-12-11(2)20-15(13-10-18-7-8-19-13)21-16(12)22-9-5-4-6-14(22)17(23)24/h7-8,10,14H,3-6,9H2,1-2H3,(H,23,24). The molecule has 1 aliphatic rings. The number of anilines is 1. The molecule has 126 valence electrons. The molecule has 0 saturated carbocycles. The molecule has 7 heteroatoms. The predicted molar refractivity (Wildman–Crippen MR) is 89.8 cm³/mol. The number of nitrogens with zero attached hydrogens (tertiary/aromatic N) is 5. The number of hydrogen-bond acceptors (Lipinski definition) is 6. The number of piperidine rings is 1. The lowest BCUT2D eigenvalue weighted by Gasteiger charge is -2.35. The van der Waals surface area contributed by atoms with E-state index in [1.54, 1.807) is 18.6 Å². The van der Waals surface area contributed by atoms with Crippen molar-refractivity contribution >= 4 is 11.8 Å². The van der Waals surface area contributed by atoms with Gasteiger partial charge in [0.05, 0.1) is 6.20 Å². The van der Waals surface area contributed by atoms with Gasteiger partial charge >= 0.3 is 5.97 Å². The van der Waals surface area contributed by atoms with Crippen molar-refractivity contribution in [3.63, 3.8) is 0 Å². The van der Waals surface area contributed by atoms with Gasteiger partial charge in [0.15, 0.2) is 5.82 Å². The average Bonchev–Trinajstić information content (AvgIpc) is 2.61. The summed E-state index contributed by atoms with van der Waals surface area (Å²) < 4.78 is 0. The maximum absolute atomic E-state index is 11.7. The van der Waals surface area contributed by atoms with Crippen molar-refractivity contribution < 1.29 is 9.90 Å². The Morgan fingerprint density at radius 2 is 2.17 bits per heavy atom. The van der Waals surface area contributed by atoms with E-state index in [9.17, 15) is 9.90 Å². The van der Waals surface area contributed by atoms with E-state index in [1.165, 1.54) is 0 Å². The largest absolute Gasteiger partial charge is 0.480 e. The van der Waals surface area contributed by atoms with E-state index in [1.807, 2.05) is 18.7 Å². The molecule has 1 N–H and O–H groups in total. The highest BCUT2D eigenvalue weighted by Crippen LogP contribution is 2.30. The van der Waals surface area contributed by atoms with Crippen LogP contribution < -0.4 is 4.90 Å². The van der Waals surface area contributed by atoms with Crippen LogP contribution in [0.25, 0.3) is 11.5 Å². The van der Waals surface area contributed by atoms with Gasteiger partial charge in [-0.3, -0.25) is 4.98 Å². The molecule has 1 atom stereocenters. The monoisotopic (exact) mass is 327 g/mol. The summed E-state index contributed by atoms with van der Waals surface area (Å²) in [6.45, 7) is 4.67. The average molecular weight is 327 g/mol. The highest BCUT2D eigenvalue weighted by Gasteiger charge is 2.31. The third-order valence-electron chi connectivity index (χ3n) is 4.40. The Bertz CT molecular complexity index is 735. The van der Waals surface area contributed by atoms with Gasteiger partial charge in [-0.1, -0.05) is 6.92 Å². The van der Waals surface area contributed by atoms with Crippen LogP contribution in [0, 0.1) is 6.92 Å². The molecule has 1 aliphatic heterocycles. The summed E-state index contributed by atoms with van der Waals surface area (Å²) in [6.07, 6.45) is 8.11. The number of carboxylic acids is 1. The van der Waals surface area contributed by atoms with Gasteiger partial charge < -0.3 is 10.0 Å². The molecule has 0 aromatic carbocycles. The molecule has 3 heterocycles. The van der Waals surface area contributed by atoms with Gasteiger partial charge in [-0.15, -0.1) is 0 Å². The molecule has 3 rings (SSSR count). The molecule has 24 heavy (non-hydrogen) atoms. The number of aryl methyl sites for hydroxylation is 1. The van der Waals surface area contributed by atoms with Crippen LogP contribution in [-0.2, 0) is 11.2 Å². The van der Waals surface area contributed by atoms with E-state index < -0.39 is 12.0 Å². The van der Waals surface area contributed by atoms with Crippen molar-refractivity contribution in [2.24, 2.45) is 0 Å². The van der Waals surface area contributed by atoms with Gasteiger partial charge in [0.25, 0.3) is 0 Å². The molecule has 1 saturated heterocycles. The molecule has 0 amide bonds. The summed E-state index contributed by atoms with van der Waals surface area (Å²) in [6, 6.07) is -0.534. The smallest absolute Gasteiger partial charge is 0.326 e. The van der Waals surface area contributed by atoms with Crippen molar-refractivity contribution in [1.29, 1.82) is 0 Å². The van der Waals surface area contributed by atoms with E-state index in [2.05, 4.69) is 19.9 Å². The van der Waals surface area contributed by atoms with Gasteiger partial charge in [0, 0.05) is 30.2 Å². The summed E-state index contributed by atoms with van der Waals surface area (Å²) in [4.78, 5) is 31.1. The maximum Gasteiger partial charge on any atom is 0.326 e. The van der Waals surface area contributed by atoms with Crippen LogP contribution >= 0.6 is 0 Å². The number of carbonyl (C=O) groups is 1. The minimum absolute atomic E-state index is 0.488. The highest BCUT2D eigenvalue weighted by molar-refractivity contribution is 5.78. The van der Waals surface area contributed by atoms with Crippen LogP contribution in [-0.4, -0.2) is 43.6 Å². The molecule has 1 fully saturated rings. The number of aromatic nitrogens is 4.